The molecule has 0 atom stereocenters. The van der Waals surface area contributed by atoms with Crippen LogP contribution < -0.4 is 14.8 Å². The summed E-state index contributed by atoms with van der Waals surface area (Å²) in [5.74, 6) is 0.619. The summed E-state index contributed by atoms with van der Waals surface area (Å²) in [5, 5.41) is 12.6. The SMILES string of the molecule is CCOc1ccc(/C=C(\C#N)C(=O)Nc2ccc(C)c(Cl)c2)cc1OC. The van der Waals surface area contributed by atoms with Crippen LogP contribution in [0.15, 0.2) is 42.0 Å². The molecule has 0 saturated carbocycles. The van der Waals surface area contributed by atoms with Gasteiger partial charge in [0.25, 0.3) is 5.91 Å². The van der Waals surface area contributed by atoms with Gasteiger partial charge in [-0.15, -0.1) is 0 Å². The lowest BCUT2D eigenvalue weighted by Crippen LogP contribution is -2.13. The van der Waals surface area contributed by atoms with Crippen LogP contribution in [0, 0.1) is 18.3 Å². The van der Waals surface area contributed by atoms with Gasteiger partial charge >= 0.3 is 0 Å². The van der Waals surface area contributed by atoms with Gasteiger partial charge in [0.1, 0.15) is 11.6 Å². The largest absolute Gasteiger partial charge is 0.493 e. The van der Waals surface area contributed by atoms with E-state index in [2.05, 4.69) is 5.32 Å². The summed E-state index contributed by atoms with van der Waals surface area (Å²) >= 11 is 6.06. The molecule has 1 N–H and O–H groups in total. The second kappa shape index (κ2) is 8.93. The fraction of sp³-hybridized carbons (Fsp3) is 0.200. The third kappa shape index (κ3) is 4.78. The summed E-state index contributed by atoms with van der Waals surface area (Å²) in [4.78, 5) is 12.4. The van der Waals surface area contributed by atoms with Crippen molar-refractivity contribution in [3.8, 4) is 17.6 Å². The van der Waals surface area contributed by atoms with Crippen molar-refractivity contribution in [3.63, 3.8) is 0 Å². The van der Waals surface area contributed by atoms with Crippen molar-refractivity contribution in [1.82, 2.24) is 0 Å². The number of nitriles is 1. The van der Waals surface area contributed by atoms with Crippen molar-refractivity contribution in [1.29, 1.82) is 5.26 Å². The van der Waals surface area contributed by atoms with Crippen LogP contribution in [0.1, 0.15) is 18.1 Å². The molecule has 2 aromatic carbocycles. The van der Waals surface area contributed by atoms with Crippen LogP contribution in [0.3, 0.4) is 0 Å². The molecule has 0 aliphatic rings. The maximum absolute atomic E-state index is 12.4. The average Bonchev–Trinajstić information content (AvgIpc) is 2.63. The molecule has 0 fully saturated rings. The number of carbonyl (C=O) groups is 1. The number of methoxy groups -OCH3 is 1. The summed E-state index contributed by atoms with van der Waals surface area (Å²) < 4.78 is 10.7. The molecule has 0 heterocycles. The van der Waals surface area contributed by atoms with Gasteiger partial charge in [0.15, 0.2) is 11.5 Å². The van der Waals surface area contributed by atoms with Gasteiger partial charge in [0.2, 0.25) is 0 Å². The zero-order valence-corrected chi connectivity index (χ0v) is 15.6. The molecule has 1 amide bonds. The Labute approximate surface area is 157 Å². The number of halogens is 1. The molecule has 0 aromatic heterocycles. The fourth-order valence-electron chi connectivity index (χ4n) is 2.23. The molecular formula is C20H19ClN2O3. The standard InChI is InChI=1S/C20H19ClN2O3/c1-4-26-18-8-6-14(10-19(18)25-3)9-15(12-22)20(24)23-16-7-5-13(2)17(21)11-16/h5-11H,4H2,1-3H3,(H,23,24)/b15-9+. The van der Waals surface area contributed by atoms with Crippen LogP contribution >= 0.6 is 11.6 Å². The first-order valence-electron chi connectivity index (χ1n) is 7.98. The molecule has 0 bridgehead atoms. The summed E-state index contributed by atoms with van der Waals surface area (Å²) in [6.07, 6.45) is 1.49. The van der Waals surface area contributed by atoms with Crippen LogP contribution in [-0.2, 0) is 4.79 Å². The fourth-order valence-corrected chi connectivity index (χ4v) is 2.41. The first kappa shape index (κ1) is 19.4. The van der Waals surface area contributed by atoms with Crippen molar-refractivity contribution in [2.24, 2.45) is 0 Å². The zero-order valence-electron chi connectivity index (χ0n) is 14.8. The number of hydrogen-bond acceptors (Lipinski definition) is 4. The lowest BCUT2D eigenvalue weighted by atomic mass is 10.1. The van der Waals surface area contributed by atoms with Gasteiger partial charge in [0, 0.05) is 10.7 Å². The number of hydrogen-bond donors (Lipinski definition) is 1. The van der Waals surface area contributed by atoms with E-state index in [1.54, 1.807) is 36.4 Å². The second-order valence-electron chi connectivity index (χ2n) is 5.43. The first-order chi connectivity index (χ1) is 12.5. The quantitative estimate of drug-likeness (QED) is 0.595. The van der Waals surface area contributed by atoms with Gasteiger partial charge in [-0.2, -0.15) is 5.26 Å². The van der Waals surface area contributed by atoms with Crippen LogP contribution in [-0.4, -0.2) is 19.6 Å². The highest BCUT2D eigenvalue weighted by molar-refractivity contribution is 6.31. The summed E-state index contributed by atoms with van der Waals surface area (Å²) in [7, 11) is 1.53. The van der Waals surface area contributed by atoms with Gasteiger partial charge in [0.05, 0.1) is 13.7 Å². The van der Waals surface area contributed by atoms with Crippen molar-refractivity contribution in [2.45, 2.75) is 13.8 Å². The maximum Gasteiger partial charge on any atom is 0.266 e. The Morgan fingerprint density at radius 2 is 2.04 bits per heavy atom. The number of rotatable bonds is 6. The highest BCUT2D eigenvalue weighted by atomic mass is 35.5. The smallest absolute Gasteiger partial charge is 0.266 e. The normalized spacial score (nSPS) is 10.8. The number of ether oxygens (including phenoxy) is 2. The van der Waals surface area contributed by atoms with Crippen molar-refractivity contribution in [3.05, 3.63) is 58.1 Å². The van der Waals surface area contributed by atoms with Crippen LogP contribution in [0.5, 0.6) is 11.5 Å². The zero-order chi connectivity index (χ0) is 19.1. The number of anilines is 1. The minimum Gasteiger partial charge on any atom is -0.493 e. The van der Waals surface area contributed by atoms with E-state index in [1.165, 1.54) is 13.2 Å². The molecule has 134 valence electrons. The number of carbonyl (C=O) groups excluding carboxylic acids is 1. The highest BCUT2D eigenvalue weighted by Gasteiger charge is 2.11. The Bertz CT molecular complexity index is 885. The van der Waals surface area contributed by atoms with Gasteiger partial charge < -0.3 is 14.8 Å². The summed E-state index contributed by atoms with van der Waals surface area (Å²) in [5.41, 5.74) is 2.05. The maximum atomic E-state index is 12.4. The van der Waals surface area contributed by atoms with E-state index in [0.29, 0.717) is 34.4 Å². The molecular weight excluding hydrogens is 352 g/mol. The third-order valence-electron chi connectivity index (χ3n) is 3.59. The third-order valence-corrected chi connectivity index (χ3v) is 4.00. The molecule has 0 saturated heterocycles. The van der Waals surface area contributed by atoms with E-state index >= 15 is 0 Å². The molecule has 6 heteroatoms. The second-order valence-corrected chi connectivity index (χ2v) is 5.84. The Morgan fingerprint density at radius 3 is 2.65 bits per heavy atom. The van der Waals surface area contributed by atoms with E-state index in [1.807, 2.05) is 19.9 Å². The Hall–Kier alpha value is -2.97. The van der Waals surface area contributed by atoms with Gasteiger partial charge in [-0.05, 0) is 55.3 Å². The molecule has 0 spiro atoms. The Morgan fingerprint density at radius 1 is 1.27 bits per heavy atom. The number of aryl methyl sites for hydroxylation is 1. The van der Waals surface area contributed by atoms with E-state index in [4.69, 9.17) is 21.1 Å². The lowest BCUT2D eigenvalue weighted by Gasteiger charge is -2.10. The van der Waals surface area contributed by atoms with E-state index in [-0.39, 0.29) is 5.57 Å². The van der Waals surface area contributed by atoms with Crippen LogP contribution in [0.2, 0.25) is 5.02 Å². The van der Waals surface area contributed by atoms with Gasteiger partial charge in [-0.3, -0.25) is 4.79 Å². The van der Waals surface area contributed by atoms with Crippen LogP contribution in [0.25, 0.3) is 6.08 Å². The Balaban J connectivity index is 2.25. The Kier molecular flexibility index (Phi) is 6.65. The number of nitrogens with one attached hydrogen (secondary N) is 1. The molecule has 5 nitrogen and oxygen atoms in total. The summed E-state index contributed by atoms with van der Waals surface area (Å²) in [6.45, 7) is 4.26. The highest BCUT2D eigenvalue weighted by Crippen LogP contribution is 2.29. The van der Waals surface area contributed by atoms with Crippen molar-refractivity contribution in [2.75, 3.05) is 19.0 Å². The van der Waals surface area contributed by atoms with E-state index < -0.39 is 5.91 Å². The van der Waals surface area contributed by atoms with Gasteiger partial charge in [-0.1, -0.05) is 23.7 Å². The van der Waals surface area contributed by atoms with Gasteiger partial charge in [-0.25, -0.2) is 0 Å². The minimum absolute atomic E-state index is 0.0343. The molecule has 0 aliphatic heterocycles. The predicted octanol–water partition coefficient (Wildman–Crippen LogP) is 4.60. The molecule has 2 rings (SSSR count). The van der Waals surface area contributed by atoms with E-state index in [0.717, 1.165) is 5.56 Å². The van der Waals surface area contributed by atoms with Crippen molar-refractivity contribution < 1.29 is 14.3 Å². The number of nitrogens with zero attached hydrogens (tertiary/aromatic N) is 1. The molecule has 0 radical (unpaired) electrons. The topological polar surface area (TPSA) is 71.3 Å². The van der Waals surface area contributed by atoms with Crippen LogP contribution in [0.4, 0.5) is 5.69 Å². The molecule has 0 unspecified atom stereocenters. The lowest BCUT2D eigenvalue weighted by molar-refractivity contribution is -0.112. The first-order valence-corrected chi connectivity index (χ1v) is 8.36. The molecule has 2 aromatic rings. The predicted molar refractivity (Wildman–Crippen MR) is 103 cm³/mol. The molecule has 0 aliphatic carbocycles. The minimum atomic E-state index is -0.514. The van der Waals surface area contributed by atoms with E-state index in [9.17, 15) is 10.1 Å². The number of benzene rings is 2. The van der Waals surface area contributed by atoms with Crippen molar-refractivity contribution >= 4 is 29.3 Å². The average molecular weight is 371 g/mol. The molecule has 26 heavy (non-hydrogen) atoms. The monoisotopic (exact) mass is 370 g/mol. The number of amides is 1. The summed E-state index contributed by atoms with van der Waals surface area (Å²) in [6, 6.07) is 12.3.